The zero-order valence-electron chi connectivity index (χ0n) is 24.4. The molecule has 5 nitrogen and oxygen atoms in total. The zero-order valence-corrected chi connectivity index (χ0v) is 25.2. The van der Waals surface area contributed by atoms with Gasteiger partial charge in [-0.15, -0.1) is 11.3 Å². The van der Waals surface area contributed by atoms with E-state index in [2.05, 4.69) is 72.7 Å². The maximum Gasteiger partial charge on any atom is 0.315 e. The van der Waals surface area contributed by atoms with Crippen molar-refractivity contribution in [2.45, 2.75) is 96.2 Å². The van der Waals surface area contributed by atoms with Crippen molar-refractivity contribution < 1.29 is 4.79 Å². The van der Waals surface area contributed by atoms with Crippen molar-refractivity contribution in [3.63, 3.8) is 0 Å². The average Bonchev–Trinajstić information content (AvgIpc) is 3.57. The normalized spacial score (nSPS) is 38.4. The molecule has 6 rings (SSSR count). The van der Waals surface area contributed by atoms with Gasteiger partial charge < -0.3 is 15.5 Å². The summed E-state index contributed by atoms with van der Waals surface area (Å²) in [7, 11) is 4.60. The van der Waals surface area contributed by atoms with Gasteiger partial charge in [0.15, 0.2) is 0 Å². The molecule has 4 aliphatic carbocycles. The lowest BCUT2D eigenvalue weighted by atomic mass is 9.45. The number of aromatic nitrogens is 1. The third-order valence-corrected chi connectivity index (χ3v) is 12.8. The monoisotopic (exact) mass is 548 g/mol. The Labute approximate surface area is 239 Å². The Morgan fingerprint density at radius 1 is 1.03 bits per heavy atom. The summed E-state index contributed by atoms with van der Waals surface area (Å²) in [5.41, 5.74) is 2.15. The molecule has 212 valence electrons. The van der Waals surface area contributed by atoms with Crippen molar-refractivity contribution in [1.29, 1.82) is 0 Å². The van der Waals surface area contributed by atoms with Gasteiger partial charge in [-0.1, -0.05) is 44.2 Å². The third-order valence-electron chi connectivity index (χ3n) is 11.9. The first-order chi connectivity index (χ1) is 18.8. The van der Waals surface area contributed by atoms with Gasteiger partial charge in [-0.3, -0.25) is 0 Å². The van der Waals surface area contributed by atoms with Crippen LogP contribution in [0.1, 0.15) is 88.2 Å². The highest BCUT2D eigenvalue weighted by Gasteiger charge is 2.60. The second-order valence-corrected chi connectivity index (χ2v) is 14.9. The van der Waals surface area contributed by atoms with Crippen LogP contribution in [0, 0.1) is 34.5 Å². The molecule has 0 radical (unpaired) electrons. The lowest BCUT2D eigenvalue weighted by Crippen LogP contribution is -2.57. The fourth-order valence-electron chi connectivity index (χ4n) is 10.1. The van der Waals surface area contributed by atoms with Crippen LogP contribution in [0.3, 0.4) is 0 Å². The minimum absolute atomic E-state index is 0.0393. The Bertz CT molecular complexity index is 1120. The van der Waals surface area contributed by atoms with Crippen LogP contribution < -0.4 is 10.6 Å². The van der Waals surface area contributed by atoms with E-state index in [1.165, 1.54) is 50.5 Å². The fraction of sp³-hybridized carbons (Fsp3) is 0.697. The van der Waals surface area contributed by atoms with Gasteiger partial charge in [-0.25, -0.2) is 9.78 Å². The maximum absolute atomic E-state index is 13.3. The van der Waals surface area contributed by atoms with E-state index in [1.807, 2.05) is 17.6 Å². The molecule has 2 N–H and O–H groups in total. The van der Waals surface area contributed by atoms with Crippen molar-refractivity contribution in [3.05, 3.63) is 52.5 Å². The number of benzene rings is 1. The number of carbonyl (C=O) groups is 1. The molecule has 4 fully saturated rings. The number of hydrogen-bond donors (Lipinski definition) is 2. The number of fused-ring (bicyclic) bond motifs is 5. The van der Waals surface area contributed by atoms with Crippen molar-refractivity contribution in [2.24, 2.45) is 34.5 Å². The largest absolute Gasteiger partial charge is 0.335 e. The molecule has 39 heavy (non-hydrogen) atoms. The molecule has 0 unspecified atom stereocenters. The van der Waals surface area contributed by atoms with Crippen LogP contribution in [-0.4, -0.2) is 42.1 Å². The van der Waals surface area contributed by atoms with Crippen LogP contribution in [0.5, 0.6) is 0 Å². The summed E-state index contributed by atoms with van der Waals surface area (Å²) < 4.78 is 0. The average molecular weight is 549 g/mol. The fourth-order valence-corrected chi connectivity index (χ4v) is 10.7. The van der Waals surface area contributed by atoms with Gasteiger partial charge in [0, 0.05) is 23.7 Å². The first-order valence-electron chi connectivity index (χ1n) is 15.4. The molecule has 2 aromatic rings. The number of rotatable bonds is 6. The number of urea groups is 1. The number of nitrogens with one attached hydrogen (secondary N) is 2. The Morgan fingerprint density at radius 2 is 1.79 bits per heavy atom. The highest BCUT2D eigenvalue weighted by Crippen LogP contribution is 2.66. The molecule has 9 atom stereocenters. The molecule has 4 aliphatic rings. The molecule has 6 heteroatoms. The standard InChI is InChI=1S/C33H48N4OS/c1-32-16-14-24(35-31(38)36-28(30-34-18-19-39-30)20-22-8-6-5-7-9-22)21-23(32)10-11-25-26-12-13-29(37(3)4)33(26,2)17-15-27(25)32/h5-9,18-19,23-29H,10-17,20-21H2,1-4H3,(H2,35,36,38)/t23-,24-,25+,26+,27+,28+,29+,32+,33+/m1/s1. The summed E-state index contributed by atoms with van der Waals surface area (Å²) in [6.07, 6.45) is 14.4. The van der Waals surface area contributed by atoms with E-state index in [9.17, 15) is 4.79 Å². The lowest BCUT2D eigenvalue weighted by Gasteiger charge is -2.61. The number of hydrogen-bond acceptors (Lipinski definition) is 4. The van der Waals surface area contributed by atoms with Gasteiger partial charge in [0.2, 0.25) is 0 Å². The molecular formula is C33H48N4OS. The molecule has 1 heterocycles. The Kier molecular flexibility index (Phi) is 7.56. The Morgan fingerprint density at radius 3 is 2.54 bits per heavy atom. The van der Waals surface area contributed by atoms with E-state index in [0.717, 1.165) is 54.0 Å². The molecule has 0 bridgehead atoms. The topological polar surface area (TPSA) is 57.3 Å². The van der Waals surface area contributed by atoms with Crippen molar-refractivity contribution in [2.75, 3.05) is 14.1 Å². The van der Waals surface area contributed by atoms with Gasteiger partial charge in [0.25, 0.3) is 0 Å². The van der Waals surface area contributed by atoms with Crippen LogP contribution in [0.15, 0.2) is 41.9 Å². The molecule has 1 aromatic heterocycles. The minimum Gasteiger partial charge on any atom is -0.335 e. The summed E-state index contributed by atoms with van der Waals surface area (Å²) in [4.78, 5) is 20.3. The maximum atomic E-state index is 13.3. The van der Waals surface area contributed by atoms with Gasteiger partial charge >= 0.3 is 6.03 Å². The Hall–Kier alpha value is -1.92. The second kappa shape index (κ2) is 10.8. The molecule has 4 saturated carbocycles. The van der Waals surface area contributed by atoms with E-state index in [-0.39, 0.29) is 18.1 Å². The molecule has 0 saturated heterocycles. The second-order valence-electron chi connectivity index (χ2n) is 14.0. The van der Waals surface area contributed by atoms with Crippen LogP contribution in [0.2, 0.25) is 0 Å². The molecular weight excluding hydrogens is 500 g/mol. The molecule has 1 aromatic carbocycles. The van der Waals surface area contributed by atoms with Crippen molar-refractivity contribution >= 4 is 17.4 Å². The predicted octanol–water partition coefficient (Wildman–Crippen LogP) is 7.07. The molecule has 0 aliphatic heterocycles. The van der Waals surface area contributed by atoms with Crippen molar-refractivity contribution in [3.8, 4) is 0 Å². The van der Waals surface area contributed by atoms with Gasteiger partial charge in [0.1, 0.15) is 5.01 Å². The van der Waals surface area contributed by atoms with Crippen LogP contribution in [-0.2, 0) is 6.42 Å². The summed E-state index contributed by atoms with van der Waals surface area (Å²) in [5.74, 6) is 3.40. The molecule has 2 amide bonds. The predicted molar refractivity (Wildman–Crippen MR) is 160 cm³/mol. The summed E-state index contributed by atoms with van der Waals surface area (Å²) in [6, 6.07) is 11.3. The van der Waals surface area contributed by atoms with Gasteiger partial charge in [-0.2, -0.15) is 0 Å². The summed E-state index contributed by atoms with van der Waals surface area (Å²) in [6.45, 7) is 5.25. The Balaban J connectivity index is 1.09. The summed E-state index contributed by atoms with van der Waals surface area (Å²) in [5, 5.41) is 9.64. The quantitative estimate of drug-likeness (QED) is 0.406. The van der Waals surface area contributed by atoms with E-state index >= 15 is 0 Å². The molecule has 0 spiro atoms. The summed E-state index contributed by atoms with van der Waals surface area (Å²) >= 11 is 1.61. The van der Waals surface area contributed by atoms with Gasteiger partial charge in [-0.05, 0) is 118 Å². The number of amides is 2. The van der Waals surface area contributed by atoms with E-state index in [1.54, 1.807) is 11.3 Å². The number of carbonyl (C=O) groups excluding carboxylic acids is 1. The number of nitrogens with zero attached hydrogens (tertiary/aromatic N) is 2. The van der Waals surface area contributed by atoms with Crippen LogP contribution in [0.25, 0.3) is 0 Å². The van der Waals surface area contributed by atoms with E-state index in [0.29, 0.717) is 10.8 Å². The third kappa shape index (κ3) is 5.05. The first kappa shape index (κ1) is 27.3. The van der Waals surface area contributed by atoms with E-state index in [4.69, 9.17) is 0 Å². The van der Waals surface area contributed by atoms with Crippen molar-refractivity contribution in [1.82, 2.24) is 20.5 Å². The minimum atomic E-state index is -0.106. The highest BCUT2D eigenvalue weighted by atomic mass is 32.1. The number of thiazole rings is 1. The smallest absolute Gasteiger partial charge is 0.315 e. The van der Waals surface area contributed by atoms with Gasteiger partial charge in [0.05, 0.1) is 6.04 Å². The first-order valence-corrected chi connectivity index (χ1v) is 16.3. The zero-order chi connectivity index (χ0) is 27.2. The lowest BCUT2D eigenvalue weighted by molar-refractivity contribution is -0.115. The van der Waals surface area contributed by atoms with E-state index < -0.39 is 0 Å². The highest BCUT2D eigenvalue weighted by molar-refractivity contribution is 7.09. The van der Waals surface area contributed by atoms with Crippen LogP contribution in [0.4, 0.5) is 4.79 Å². The SMILES string of the molecule is CN(C)[C@H]1CC[C@H]2[C@@H]3CC[C@@H]4C[C@H](NC(=O)N[C@@H](Cc5ccccc5)c5nccs5)CC[C@]4(C)[C@H]3CC[C@]12C. The van der Waals surface area contributed by atoms with Crippen LogP contribution >= 0.6 is 11.3 Å².